The highest BCUT2D eigenvalue weighted by molar-refractivity contribution is 9.10. The Morgan fingerprint density at radius 2 is 2.00 bits per heavy atom. The van der Waals surface area contributed by atoms with Crippen molar-refractivity contribution >= 4 is 21.6 Å². The summed E-state index contributed by atoms with van der Waals surface area (Å²) in [7, 11) is 0. The van der Waals surface area contributed by atoms with Gasteiger partial charge in [-0.1, -0.05) is 15.9 Å². The van der Waals surface area contributed by atoms with E-state index in [4.69, 9.17) is 5.73 Å². The molecule has 1 fully saturated rings. The van der Waals surface area contributed by atoms with Gasteiger partial charge in [0.1, 0.15) is 0 Å². The van der Waals surface area contributed by atoms with Gasteiger partial charge in [-0.2, -0.15) is 0 Å². The molecule has 0 aromatic heterocycles. The first kappa shape index (κ1) is 9.99. The minimum absolute atomic E-state index is 0.633. The number of benzene rings is 1. The van der Waals surface area contributed by atoms with Crippen LogP contribution in [0.15, 0.2) is 22.7 Å². The average Bonchev–Trinajstić information content (AvgIpc) is 2.23. The number of hydrogen-bond acceptors (Lipinski definition) is 2. The molecule has 3 heteroatoms. The molecule has 3 N–H and O–H groups in total. The quantitative estimate of drug-likeness (QED) is 0.756. The van der Waals surface area contributed by atoms with Gasteiger partial charge in [-0.15, -0.1) is 0 Å². The van der Waals surface area contributed by atoms with Gasteiger partial charge in [0, 0.05) is 10.2 Å². The molecule has 1 heterocycles. The van der Waals surface area contributed by atoms with E-state index in [2.05, 4.69) is 27.3 Å². The number of piperidine rings is 1. The monoisotopic (exact) mass is 254 g/mol. The van der Waals surface area contributed by atoms with Gasteiger partial charge in [-0.25, -0.2) is 0 Å². The summed E-state index contributed by atoms with van der Waals surface area (Å²) >= 11 is 3.49. The lowest BCUT2D eigenvalue weighted by Gasteiger charge is -2.24. The number of anilines is 1. The Morgan fingerprint density at radius 3 is 2.71 bits per heavy atom. The zero-order valence-electron chi connectivity index (χ0n) is 8.09. The van der Waals surface area contributed by atoms with Crippen molar-refractivity contribution in [2.45, 2.75) is 18.8 Å². The van der Waals surface area contributed by atoms with Crippen molar-refractivity contribution in [3.05, 3.63) is 28.2 Å². The first-order valence-corrected chi connectivity index (χ1v) is 5.82. The third kappa shape index (κ3) is 2.10. The molecule has 0 aliphatic carbocycles. The zero-order chi connectivity index (χ0) is 9.97. The molecule has 0 amide bonds. The fraction of sp³-hybridized carbons (Fsp3) is 0.455. The van der Waals surface area contributed by atoms with Gasteiger partial charge < -0.3 is 11.1 Å². The normalized spacial score (nSPS) is 18.4. The van der Waals surface area contributed by atoms with Gasteiger partial charge in [-0.3, -0.25) is 0 Å². The SMILES string of the molecule is Nc1ccc(Br)cc1C1CCNCC1. The van der Waals surface area contributed by atoms with Crippen molar-refractivity contribution in [2.75, 3.05) is 18.8 Å². The summed E-state index contributed by atoms with van der Waals surface area (Å²) in [5.74, 6) is 0.633. The summed E-state index contributed by atoms with van der Waals surface area (Å²) in [6, 6.07) is 6.15. The molecule has 0 unspecified atom stereocenters. The lowest BCUT2D eigenvalue weighted by molar-refractivity contribution is 0.461. The van der Waals surface area contributed by atoms with Crippen LogP contribution in [0.5, 0.6) is 0 Å². The molecule has 1 saturated heterocycles. The van der Waals surface area contributed by atoms with E-state index >= 15 is 0 Å². The number of nitrogens with two attached hydrogens (primary N) is 1. The minimum atomic E-state index is 0.633. The summed E-state index contributed by atoms with van der Waals surface area (Å²) in [5, 5.41) is 3.37. The summed E-state index contributed by atoms with van der Waals surface area (Å²) in [5.41, 5.74) is 8.22. The molecule has 1 aromatic carbocycles. The molecule has 0 saturated carbocycles. The molecule has 14 heavy (non-hydrogen) atoms. The summed E-state index contributed by atoms with van der Waals surface area (Å²) in [4.78, 5) is 0. The second kappa shape index (κ2) is 4.32. The Balaban J connectivity index is 2.24. The van der Waals surface area contributed by atoms with Crippen LogP contribution < -0.4 is 11.1 Å². The molecule has 1 aromatic rings. The Labute approximate surface area is 93.0 Å². The van der Waals surface area contributed by atoms with E-state index in [1.807, 2.05) is 12.1 Å². The predicted molar refractivity (Wildman–Crippen MR) is 63.4 cm³/mol. The van der Waals surface area contributed by atoms with Crippen molar-refractivity contribution in [1.29, 1.82) is 0 Å². The smallest absolute Gasteiger partial charge is 0.0350 e. The van der Waals surface area contributed by atoms with Crippen molar-refractivity contribution in [3.63, 3.8) is 0 Å². The third-order valence-corrected chi connectivity index (χ3v) is 3.32. The molecule has 2 rings (SSSR count). The fourth-order valence-electron chi connectivity index (χ4n) is 2.03. The van der Waals surface area contributed by atoms with Crippen LogP contribution in [0.4, 0.5) is 5.69 Å². The number of rotatable bonds is 1. The Bertz CT molecular complexity index is 319. The lowest BCUT2D eigenvalue weighted by Crippen LogP contribution is -2.27. The van der Waals surface area contributed by atoms with Crippen LogP contribution >= 0.6 is 15.9 Å². The lowest BCUT2D eigenvalue weighted by atomic mass is 9.89. The number of halogens is 1. The van der Waals surface area contributed by atoms with Crippen LogP contribution in [0.2, 0.25) is 0 Å². The van der Waals surface area contributed by atoms with Gasteiger partial charge in [0.2, 0.25) is 0 Å². The second-order valence-corrected chi connectivity index (χ2v) is 4.71. The molecule has 2 nitrogen and oxygen atoms in total. The largest absolute Gasteiger partial charge is 0.398 e. The van der Waals surface area contributed by atoms with Gasteiger partial charge in [0.05, 0.1) is 0 Å². The van der Waals surface area contributed by atoms with E-state index in [0.717, 1.165) is 23.2 Å². The van der Waals surface area contributed by atoms with Crippen LogP contribution in [-0.2, 0) is 0 Å². The molecule has 1 aliphatic rings. The number of nitrogen functional groups attached to an aromatic ring is 1. The predicted octanol–water partition coefficient (Wildman–Crippen LogP) is 2.50. The number of nitrogens with one attached hydrogen (secondary N) is 1. The molecule has 0 spiro atoms. The molecular weight excluding hydrogens is 240 g/mol. The van der Waals surface area contributed by atoms with E-state index in [1.54, 1.807) is 0 Å². The first-order valence-electron chi connectivity index (χ1n) is 5.03. The van der Waals surface area contributed by atoms with Crippen molar-refractivity contribution in [3.8, 4) is 0 Å². The van der Waals surface area contributed by atoms with Gasteiger partial charge >= 0.3 is 0 Å². The molecule has 1 aliphatic heterocycles. The Morgan fingerprint density at radius 1 is 1.29 bits per heavy atom. The maximum absolute atomic E-state index is 5.98. The first-order chi connectivity index (χ1) is 6.77. The van der Waals surface area contributed by atoms with Crippen LogP contribution in [0.25, 0.3) is 0 Å². The standard InChI is InChI=1S/C11H15BrN2/c12-9-1-2-11(13)10(7-9)8-3-5-14-6-4-8/h1-2,7-8,14H,3-6,13H2. The average molecular weight is 255 g/mol. The second-order valence-electron chi connectivity index (χ2n) is 3.80. The van der Waals surface area contributed by atoms with E-state index in [9.17, 15) is 0 Å². The molecular formula is C11H15BrN2. The maximum atomic E-state index is 5.98. The van der Waals surface area contributed by atoms with E-state index in [-0.39, 0.29) is 0 Å². The topological polar surface area (TPSA) is 38.0 Å². The third-order valence-electron chi connectivity index (χ3n) is 2.83. The van der Waals surface area contributed by atoms with Gasteiger partial charge in [-0.05, 0) is 55.6 Å². The van der Waals surface area contributed by atoms with Gasteiger partial charge in [0.15, 0.2) is 0 Å². The van der Waals surface area contributed by atoms with Crippen LogP contribution in [0.3, 0.4) is 0 Å². The molecule has 76 valence electrons. The van der Waals surface area contributed by atoms with Crippen molar-refractivity contribution < 1.29 is 0 Å². The highest BCUT2D eigenvalue weighted by atomic mass is 79.9. The zero-order valence-corrected chi connectivity index (χ0v) is 9.68. The summed E-state index contributed by atoms with van der Waals surface area (Å²) < 4.78 is 1.13. The highest BCUT2D eigenvalue weighted by Crippen LogP contribution is 2.31. The van der Waals surface area contributed by atoms with Gasteiger partial charge in [0.25, 0.3) is 0 Å². The summed E-state index contributed by atoms with van der Waals surface area (Å²) in [6.07, 6.45) is 2.39. The Kier molecular flexibility index (Phi) is 3.08. The molecule has 0 atom stereocenters. The molecule has 0 bridgehead atoms. The van der Waals surface area contributed by atoms with E-state index in [0.29, 0.717) is 5.92 Å². The summed E-state index contributed by atoms with van der Waals surface area (Å²) in [6.45, 7) is 2.22. The maximum Gasteiger partial charge on any atom is 0.0350 e. The molecule has 0 radical (unpaired) electrons. The van der Waals surface area contributed by atoms with Crippen molar-refractivity contribution in [2.24, 2.45) is 0 Å². The van der Waals surface area contributed by atoms with E-state index < -0.39 is 0 Å². The number of hydrogen-bond donors (Lipinski definition) is 2. The van der Waals surface area contributed by atoms with Crippen LogP contribution in [0.1, 0.15) is 24.3 Å². The van der Waals surface area contributed by atoms with E-state index in [1.165, 1.54) is 18.4 Å². The highest BCUT2D eigenvalue weighted by Gasteiger charge is 2.17. The van der Waals surface area contributed by atoms with Crippen molar-refractivity contribution in [1.82, 2.24) is 5.32 Å². The fourth-order valence-corrected chi connectivity index (χ4v) is 2.41. The van der Waals surface area contributed by atoms with Crippen LogP contribution in [-0.4, -0.2) is 13.1 Å². The minimum Gasteiger partial charge on any atom is -0.398 e. The van der Waals surface area contributed by atoms with Crippen LogP contribution in [0, 0.1) is 0 Å². The Hall–Kier alpha value is -0.540.